The summed E-state index contributed by atoms with van der Waals surface area (Å²) >= 11 is 0. The summed E-state index contributed by atoms with van der Waals surface area (Å²) in [6.07, 6.45) is -1.24. The van der Waals surface area contributed by atoms with Gasteiger partial charge in [-0.2, -0.15) is 0 Å². The lowest BCUT2D eigenvalue weighted by molar-refractivity contribution is -0.156. The fraction of sp³-hybridized carbons (Fsp3) is 0.304. The van der Waals surface area contributed by atoms with Crippen molar-refractivity contribution >= 4 is 39.4 Å². The van der Waals surface area contributed by atoms with Gasteiger partial charge in [-0.15, -0.1) is 0 Å². The number of amides is 3. The molecule has 2 aromatic carbocycles. The fourth-order valence-electron chi connectivity index (χ4n) is 3.33. The van der Waals surface area contributed by atoms with Gasteiger partial charge < -0.3 is 10.1 Å². The molecule has 2 aromatic rings. The number of rotatable bonds is 8. The van der Waals surface area contributed by atoms with Crippen molar-refractivity contribution in [1.82, 2.24) is 9.62 Å². The second kappa shape index (κ2) is 9.74. The van der Waals surface area contributed by atoms with Crippen LogP contribution in [0, 0.1) is 0 Å². The van der Waals surface area contributed by atoms with Gasteiger partial charge in [-0.3, -0.25) is 19.3 Å². The van der Waals surface area contributed by atoms with Crippen LogP contribution in [-0.4, -0.2) is 55.2 Å². The van der Waals surface area contributed by atoms with Gasteiger partial charge in [0.1, 0.15) is 6.04 Å². The molecule has 0 fully saturated rings. The van der Waals surface area contributed by atoms with E-state index in [1.165, 1.54) is 50.2 Å². The second-order valence-electron chi connectivity index (χ2n) is 8.07. The molecule has 0 aromatic heterocycles. The Kier molecular flexibility index (Phi) is 7.18. The number of nitrogens with one attached hydrogen (secondary N) is 2. The Bertz CT molecular complexity index is 1200. The minimum absolute atomic E-state index is 0.0356. The number of carbonyl (C=O) groups excluding carboxylic acids is 4. The quantitative estimate of drug-likeness (QED) is 0.428. The van der Waals surface area contributed by atoms with E-state index in [1.807, 2.05) is 0 Å². The van der Waals surface area contributed by atoms with E-state index >= 15 is 0 Å². The van der Waals surface area contributed by atoms with Gasteiger partial charge in [0.25, 0.3) is 17.7 Å². The number of sulfonamides is 1. The van der Waals surface area contributed by atoms with E-state index in [0.717, 1.165) is 4.90 Å². The number of carbonyl (C=O) groups is 4. The molecule has 34 heavy (non-hydrogen) atoms. The van der Waals surface area contributed by atoms with E-state index < -0.39 is 45.9 Å². The molecule has 1 aliphatic heterocycles. The van der Waals surface area contributed by atoms with Crippen LogP contribution >= 0.6 is 0 Å². The van der Waals surface area contributed by atoms with Crippen molar-refractivity contribution in [1.29, 1.82) is 0 Å². The first-order valence-corrected chi connectivity index (χ1v) is 12.0. The largest absolute Gasteiger partial charge is 0.451 e. The maximum atomic E-state index is 12.6. The highest BCUT2D eigenvalue weighted by molar-refractivity contribution is 7.89. The Hall–Kier alpha value is -3.57. The highest BCUT2D eigenvalue weighted by atomic mass is 32.2. The van der Waals surface area contributed by atoms with Gasteiger partial charge in [0.15, 0.2) is 6.10 Å². The molecule has 3 rings (SSSR count). The number of esters is 1. The van der Waals surface area contributed by atoms with Crippen molar-refractivity contribution in [3.05, 3.63) is 59.7 Å². The summed E-state index contributed by atoms with van der Waals surface area (Å²) in [6, 6.07) is 10.2. The van der Waals surface area contributed by atoms with Crippen molar-refractivity contribution < 1.29 is 32.3 Å². The SMILES string of the molecule is CC(C)NS(=O)(=O)c1ccc(NC(=O)C(C)OC(=O)C(C)N2C(=O)c3ccccc3C2=O)cc1. The van der Waals surface area contributed by atoms with E-state index in [4.69, 9.17) is 4.74 Å². The summed E-state index contributed by atoms with van der Waals surface area (Å²) in [5.74, 6) is -2.80. The number of benzene rings is 2. The van der Waals surface area contributed by atoms with Gasteiger partial charge in [0.2, 0.25) is 10.0 Å². The molecule has 0 bridgehead atoms. The maximum absolute atomic E-state index is 12.6. The Morgan fingerprint density at radius 3 is 1.91 bits per heavy atom. The summed E-state index contributed by atoms with van der Waals surface area (Å²) in [7, 11) is -3.68. The molecule has 180 valence electrons. The third-order valence-electron chi connectivity index (χ3n) is 5.04. The average molecular weight is 488 g/mol. The molecule has 0 saturated heterocycles. The van der Waals surface area contributed by atoms with E-state index in [1.54, 1.807) is 26.0 Å². The van der Waals surface area contributed by atoms with Crippen LogP contribution in [0.4, 0.5) is 5.69 Å². The monoisotopic (exact) mass is 487 g/mol. The summed E-state index contributed by atoms with van der Waals surface area (Å²) in [4.78, 5) is 50.9. The molecule has 2 N–H and O–H groups in total. The van der Waals surface area contributed by atoms with Crippen molar-refractivity contribution in [2.24, 2.45) is 0 Å². The standard InChI is InChI=1S/C23H25N3O7S/c1-13(2)25-34(31,32)17-11-9-16(10-12-17)24-20(27)15(4)33-23(30)14(3)26-21(28)18-7-5-6-8-19(18)22(26)29/h5-15,25H,1-4H3,(H,24,27). The van der Waals surface area contributed by atoms with E-state index in [-0.39, 0.29) is 22.1 Å². The Morgan fingerprint density at radius 1 is 0.882 bits per heavy atom. The predicted octanol–water partition coefficient (Wildman–Crippen LogP) is 1.93. The smallest absolute Gasteiger partial charge is 0.329 e. The number of hydrogen-bond donors (Lipinski definition) is 2. The van der Waals surface area contributed by atoms with Gasteiger partial charge in [-0.1, -0.05) is 12.1 Å². The Balaban J connectivity index is 1.61. The average Bonchev–Trinajstić information content (AvgIpc) is 3.03. The normalized spacial score (nSPS) is 15.1. The zero-order valence-corrected chi connectivity index (χ0v) is 19.9. The lowest BCUT2D eigenvalue weighted by atomic mass is 10.1. The van der Waals surface area contributed by atoms with Crippen molar-refractivity contribution in [2.45, 2.75) is 50.8 Å². The predicted molar refractivity (Wildman–Crippen MR) is 122 cm³/mol. The van der Waals surface area contributed by atoms with Crippen LogP contribution in [0.2, 0.25) is 0 Å². The van der Waals surface area contributed by atoms with Crippen LogP contribution in [0.15, 0.2) is 53.4 Å². The van der Waals surface area contributed by atoms with Gasteiger partial charge in [-0.05, 0) is 64.1 Å². The zero-order chi connectivity index (χ0) is 25.2. The minimum Gasteiger partial charge on any atom is -0.451 e. The van der Waals surface area contributed by atoms with Gasteiger partial charge in [-0.25, -0.2) is 17.9 Å². The molecule has 3 amide bonds. The van der Waals surface area contributed by atoms with Crippen LogP contribution in [0.3, 0.4) is 0 Å². The molecule has 0 spiro atoms. The molecular weight excluding hydrogens is 462 g/mol. The Morgan fingerprint density at radius 2 is 1.41 bits per heavy atom. The van der Waals surface area contributed by atoms with Gasteiger partial charge >= 0.3 is 5.97 Å². The maximum Gasteiger partial charge on any atom is 0.329 e. The first-order chi connectivity index (χ1) is 15.9. The second-order valence-corrected chi connectivity index (χ2v) is 9.78. The molecule has 2 unspecified atom stereocenters. The molecule has 11 heteroatoms. The molecule has 0 radical (unpaired) electrons. The van der Waals surface area contributed by atoms with Crippen LogP contribution in [0.5, 0.6) is 0 Å². The third-order valence-corrected chi connectivity index (χ3v) is 6.71. The molecule has 0 aliphatic carbocycles. The van der Waals surface area contributed by atoms with Gasteiger partial charge in [0, 0.05) is 11.7 Å². The van der Waals surface area contributed by atoms with Gasteiger partial charge in [0.05, 0.1) is 16.0 Å². The van der Waals surface area contributed by atoms with E-state index in [0.29, 0.717) is 5.69 Å². The number of fused-ring (bicyclic) bond motifs is 1. The van der Waals surface area contributed by atoms with Crippen LogP contribution < -0.4 is 10.0 Å². The Labute approximate surface area is 197 Å². The number of imide groups is 1. The molecule has 1 heterocycles. The molecule has 1 aliphatic rings. The van der Waals surface area contributed by atoms with Crippen molar-refractivity contribution in [2.75, 3.05) is 5.32 Å². The first kappa shape index (κ1) is 25.1. The number of hydrogen-bond acceptors (Lipinski definition) is 7. The fourth-order valence-corrected chi connectivity index (χ4v) is 4.58. The zero-order valence-electron chi connectivity index (χ0n) is 19.1. The summed E-state index contributed by atoms with van der Waals surface area (Å²) in [6.45, 7) is 6.08. The van der Waals surface area contributed by atoms with E-state index in [2.05, 4.69) is 10.0 Å². The number of ether oxygens (including phenoxy) is 1. The summed E-state index contributed by atoms with van der Waals surface area (Å²) in [5, 5.41) is 2.53. The van der Waals surface area contributed by atoms with Crippen molar-refractivity contribution in [3.8, 4) is 0 Å². The molecule has 0 saturated carbocycles. The minimum atomic E-state index is -3.68. The van der Waals surface area contributed by atoms with Crippen molar-refractivity contribution in [3.63, 3.8) is 0 Å². The summed E-state index contributed by atoms with van der Waals surface area (Å²) < 4.78 is 32.0. The highest BCUT2D eigenvalue weighted by Gasteiger charge is 2.41. The summed E-state index contributed by atoms with van der Waals surface area (Å²) in [5.41, 5.74) is 0.698. The lowest BCUT2D eigenvalue weighted by Crippen LogP contribution is -2.45. The molecule has 10 nitrogen and oxygen atoms in total. The topological polar surface area (TPSA) is 139 Å². The van der Waals surface area contributed by atoms with Crippen LogP contribution in [0.1, 0.15) is 48.4 Å². The van der Waals surface area contributed by atoms with E-state index in [9.17, 15) is 27.6 Å². The lowest BCUT2D eigenvalue weighted by Gasteiger charge is -2.22. The molecule has 2 atom stereocenters. The number of anilines is 1. The van der Waals surface area contributed by atoms with Crippen LogP contribution in [0.25, 0.3) is 0 Å². The number of nitrogens with zero attached hydrogens (tertiary/aromatic N) is 1. The first-order valence-electron chi connectivity index (χ1n) is 10.5. The van der Waals surface area contributed by atoms with Crippen LogP contribution in [-0.2, 0) is 24.3 Å². The highest BCUT2D eigenvalue weighted by Crippen LogP contribution is 2.25. The third kappa shape index (κ3) is 5.15. The molecular formula is C23H25N3O7S.